The van der Waals surface area contributed by atoms with E-state index < -0.39 is 0 Å². The number of aromatic nitrogens is 2. The molecule has 6 heteroatoms. The molecule has 0 spiro atoms. The SMILES string of the molecule is CSc1nnc(SC2CCC(N)C2C)s1. The predicted molar refractivity (Wildman–Crippen MR) is 67.7 cm³/mol. The average Bonchev–Trinajstić information content (AvgIpc) is 2.80. The summed E-state index contributed by atoms with van der Waals surface area (Å²) in [4.78, 5) is 0. The largest absolute Gasteiger partial charge is 0.327 e. The highest BCUT2D eigenvalue weighted by Gasteiger charge is 2.31. The predicted octanol–water partition coefficient (Wildman–Crippen LogP) is 2.48. The minimum atomic E-state index is 0.371. The highest BCUT2D eigenvalue weighted by atomic mass is 32.2. The molecular weight excluding hydrogens is 246 g/mol. The normalized spacial score (nSPS) is 31.0. The van der Waals surface area contributed by atoms with E-state index >= 15 is 0 Å². The molecule has 0 saturated heterocycles. The molecule has 2 N–H and O–H groups in total. The van der Waals surface area contributed by atoms with Crippen LogP contribution in [0.5, 0.6) is 0 Å². The van der Waals surface area contributed by atoms with Crippen LogP contribution in [0.15, 0.2) is 8.68 Å². The molecule has 1 aromatic rings. The summed E-state index contributed by atoms with van der Waals surface area (Å²) in [5.41, 5.74) is 6.00. The molecule has 2 rings (SSSR count). The smallest absolute Gasteiger partial charge is 0.175 e. The summed E-state index contributed by atoms with van der Waals surface area (Å²) < 4.78 is 2.14. The molecule has 0 bridgehead atoms. The molecule has 3 nitrogen and oxygen atoms in total. The first kappa shape index (κ1) is 11.7. The van der Waals surface area contributed by atoms with Gasteiger partial charge in [0.1, 0.15) is 0 Å². The van der Waals surface area contributed by atoms with Crippen molar-refractivity contribution in [3.8, 4) is 0 Å². The standard InChI is InChI=1S/C9H15N3S3/c1-5-6(10)3-4-7(5)14-9-12-11-8(13-2)15-9/h5-7H,3-4,10H2,1-2H3. The Morgan fingerprint density at radius 1 is 1.33 bits per heavy atom. The van der Waals surface area contributed by atoms with Gasteiger partial charge in [0.2, 0.25) is 0 Å². The number of thioether (sulfide) groups is 2. The van der Waals surface area contributed by atoms with E-state index in [2.05, 4.69) is 17.1 Å². The second-order valence-corrected chi connectivity index (χ2v) is 7.31. The average molecular weight is 261 g/mol. The van der Waals surface area contributed by atoms with Crippen molar-refractivity contribution in [2.45, 2.75) is 39.7 Å². The van der Waals surface area contributed by atoms with Gasteiger partial charge in [-0.3, -0.25) is 0 Å². The summed E-state index contributed by atoms with van der Waals surface area (Å²) in [6, 6.07) is 0.371. The Morgan fingerprint density at radius 3 is 2.60 bits per heavy atom. The number of nitrogens with two attached hydrogens (primary N) is 1. The topological polar surface area (TPSA) is 51.8 Å². The highest BCUT2D eigenvalue weighted by Crippen LogP contribution is 2.39. The van der Waals surface area contributed by atoms with Gasteiger partial charge in [-0.2, -0.15) is 0 Å². The maximum Gasteiger partial charge on any atom is 0.175 e. The van der Waals surface area contributed by atoms with Crippen molar-refractivity contribution in [1.82, 2.24) is 10.2 Å². The fraction of sp³-hybridized carbons (Fsp3) is 0.778. The summed E-state index contributed by atoms with van der Waals surface area (Å²) in [7, 11) is 0. The van der Waals surface area contributed by atoms with E-state index in [1.54, 1.807) is 23.1 Å². The molecule has 84 valence electrons. The van der Waals surface area contributed by atoms with Crippen molar-refractivity contribution in [3.05, 3.63) is 0 Å². The van der Waals surface area contributed by atoms with Crippen LogP contribution in [-0.2, 0) is 0 Å². The fourth-order valence-electron chi connectivity index (χ4n) is 1.78. The quantitative estimate of drug-likeness (QED) is 0.847. The van der Waals surface area contributed by atoms with Gasteiger partial charge in [0.05, 0.1) is 0 Å². The molecule has 0 amide bonds. The number of hydrogen-bond donors (Lipinski definition) is 1. The van der Waals surface area contributed by atoms with Crippen molar-refractivity contribution in [2.24, 2.45) is 11.7 Å². The molecule has 1 aromatic heterocycles. The zero-order chi connectivity index (χ0) is 10.8. The number of rotatable bonds is 3. The lowest BCUT2D eigenvalue weighted by Crippen LogP contribution is -2.25. The Labute approximate surface area is 103 Å². The van der Waals surface area contributed by atoms with Crippen molar-refractivity contribution >= 4 is 34.9 Å². The molecular formula is C9H15N3S3. The van der Waals surface area contributed by atoms with Crippen LogP contribution in [0.4, 0.5) is 0 Å². The lowest BCUT2D eigenvalue weighted by atomic mass is 10.1. The molecule has 0 aliphatic heterocycles. The van der Waals surface area contributed by atoms with Crippen LogP contribution in [0.2, 0.25) is 0 Å². The van der Waals surface area contributed by atoms with Gasteiger partial charge in [0, 0.05) is 11.3 Å². The first-order valence-corrected chi connectivity index (χ1v) is 7.92. The zero-order valence-corrected chi connectivity index (χ0v) is 11.3. The third-order valence-electron chi connectivity index (χ3n) is 2.86. The van der Waals surface area contributed by atoms with Crippen molar-refractivity contribution < 1.29 is 0 Å². The lowest BCUT2D eigenvalue weighted by Gasteiger charge is -2.15. The van der Waals surface area contributed by atoms with Gasteiger partial charge in [0.25, 0.3) is 0 Å². The monoisotopic (exact) mass is 261 g/mol. The first-order chi connectivity index (χ1) is 7.20. The summed E-state index contributed by atoms with van der Waals surface area (Å²) in [5, 5.41) is 8.91. The van der Waals surface area contributed by atoms with E-state index in [1.807, 2.05) is 18.0 Å². The van der Waals surface area contributed by atoms with Crippen LogP contribution >= 0.6 is 34.9 Å². The molecule has 1 aliphatic carbocycles. The van der Waals surface area contributed by atoms with Crippen molar-refractivity contribution in [2.75, 3.05) is 6.26 Å². The van der Waals surface area contributed by atoms with Crippen LogP contribution in [0, 0.1) is 5.92 Å². The molecule has 1 heterocycles. The minimum absolute atomic E-state index is 0.371. The summed E-state index contributed by atoms with van der Waals surface area (Å²) in [6.07, 6.45) is 4.39. The molecule has 1 saturated carbocycles. The molecule has 3 unspecified atom stereocenters. The Kier molecular flexibility index (Phi) is 3.93. The Hall–Kier alpha value is 0.220. The number of hydrogen-bond acceptors (Lipinski definition) is 6. The maximum absolute atomic E-state index is 6.00. The summed E-state index contributed by atoms with van der Waals surface area (Å²) in [6.45, 7) is 2.24. The molecule has 0 radical (unpaired) electrons. The van der Waals surface area contributed by atoms with Crippen molar-refractivity contribution in [1.29, 1.82) is 0 Å². The third-order valence-corrected chi connectivity index (χ3v) is 6.34. The van der Waals surface area contributed by atoms with Gasteiger partial charge >= 0.3 is 0 Å². The van der Waals surface area contributed by atoms with Crippen LogP contribution in [0.25, 0.3) is 0 Å². The molecule has 15 heavy (non-hydrogen) atoms. The van der Waals surface area contributed by atoms with E-state index in [9.17, 15) is 0 Å². The minimum Gasteiger partial charge on any atom is -0.327 e. The Morgan fingerprint density at radius 2 is 2.07 bits per heavy atom. The maximum atomic E-state index is 6.00. The van der Waals surface area contributed by atoms with Gasteiger partial charge in [-0.05, 0) is 25.0 Å². The van der Waals surface area contributed by atoms with E-state index in [1.165, 1.54) is 6.42 Å². The first-order valence-electron chi connectivity index (χ1n) is 5.00. The lowest BCUT2D eigenvalue weighted by molar-refractivity contribution is 0.535. The Bertz CT molecular complexity index is 328. The van der Waals surface area contributed by atoms with E-state index in [0.717, 1.165) is 15.1 Å². The van der Waals surface area contributed by atoms with Gasteiger partial charge in [0.15, 0.2) is 8.68 Å². The van der Waals surface area contributed by atoms with Gasteiger partial charge < -0.3 is 5.73 Å². The highest BCUT2D eigenvalue weighted by molar-refractivity contribution is 8.03. The molecule has 1 fully saturated rings. The zero-order valence-electron chi connectivity index (χ0n) is 8.84. The molecule has 1 aliphatic rings. The second-order valence-electron chi connectivity index (χ2n) is 3.79. The van der Waals surface area contributed by atoms with E-state index in [4.69, 9.17) is 5.73 Å². The Balaban J connectivity index is 1.97. The number of nitrogens with zero attached hydrogens (tertiary/aromatic N) is 2. The van der Waals surface area contributed by atoms with E-state index in [0.29, 0.717) is 17.2 Å². The molecule has 0 aromatic carbocycles. The van der Waals surface area contributed by atoms with Crippen LogP contribution < -0.4 is 5.73 Å². The van der Waals surface area contributed by atoms with E-state index in [-0.39, 0.29) is 0 Å². The van der Waals surface area contributed by atoms with Crippen molar-refractivity contribution in [3.63, 3.8) is 0 Å². The second kappa shape index (κ2) is 5.03. The van der Waals surface area contributed by atoms with Crippen LogP contribution in [0.1, 0.15) is 19.8 Å². The van der Waals surface area contributed by atoms with Gasteiger partial charge in [-0.25, -0.2) is 0 Å². The third kappa shape index (κ3) is 2.67. The summed E-state index contributed by atoms with van der Waals surface area (Å²) in [5.74, 6) is 0.594. The van der Waals surface area contributed by atoms with Crippen LogP contribution in [0.3, 0.4) is 0 Å². The fourth-order valence-corrected chi connectivity index (χ4v) is 4.76. The van der Waals surface area contributed by atoms with Crippen LogP contribution in [-0.4, -0.2) is 27.7 Å². The molecule has 3 atom stereocenters. The van der Waals surface area contributed by atoms with Gasteiger partial charge in [-0.1, -0.05) is 41.8 Å². The van der Waals surface area contributed by atoms with Gasteiger partial charge in [-0.15, -0.1) is 10.2 Å². The summed E-state index contributed by atoms with van der Waals surface area (Å²) >= 11 is 5.19.